The molecule has 0 aliphatic carbocycles. The molecule has 2 N–H and O–H groups in total. The van der Waals surface area contributed by atoms with Gasteiger partial charge in [-0.05, 0) is 49.2 Å². The van der Waals surface area contributed by atoms with Crippen LogP contribution in [0.15, 0.2) is 52.5 Å². The molecular weight excluding hydrogens is 374 g/mol. The monoisotopic (exact) mass is 395 g/mol. The molecule has 0 bridgehead atoms. The van der Waals surface area contributed by atoms with E-state index in [1.54, 1.807) is 12.1 Å². The summed E-state index contributed by atoms with van der Waals surface area (Å²) in [7, 11) is 1.48. The number of ether oxygens (including phenoxy) is 1. The topological polar surface area (TPSA) is 83.8 Å². The first-order valence-electron chi connectivity index (χ1n) is 8.66. The summed E-state index contributed by atoms with van der Waals surface area (Å²) in [6.45, 7) is 3.98. The van der Waals surface area contributed by atoms with Crippen molar-refractivity contribution in [2.24, 2.45) is 5.10 Å². The molecule has 6 nitrogen and oxygen atoms in total. The number of carbonyl (C=O) groups excluding carboxylic acids is 1. The van der Waals surface area contributed by atoms with Crippen LogP contribution in [0.5, 0.6) is 11.5 Å². The van der Waals surface area contributed by atoms with Crippen LogP contribution in [-0.4, -0.2) is 35.1 Å². The van der Waals surface area contributed by atoms with Crippen LogP contribution < -0.4 is 10.2 Å². The average Bonchev–Trinajstić information content (AvgIpc) is 2.67. The van der Waals surface area contributed by atoms with Gasteiger partial charge in [0.2, 0.25) is 5.91 Å². The van der Waals surface area contributed by atoms with Gasteiger partial charge in [0.15, 0.2) is 11.5 Å². The summed E-state index contributed by atoms with van der Waals surface area (Å²) in [5, 5.41) is 14.7. The summed E-state index contributed by atoms with van der Waals surface area (Å²) >= 11 is 1.45. The minimum atomic E-state index is -0.214. The molecule has 0 saturated carbocycles. The fourth-order valence-corrected chi connectivity index (χ4v) is 3.67. The van der Waals surface area contributed by atoms with Crippen molar-refractivity contribution >= 4 is 34.8 Å². The van der Waals surface area contributed by atoms with Gasteiger partial charge in [0, 0.05) is 16.0 Å². The number of para-hydroxylation sites is 1. The lowest BCUT2D eigenvalue weighted by Crippen LogP contribution is -2.19. The van der Waals surface area contributed by atoms with E-state index in [1.165, 1.54) is 31.2 Å². The quantitative estimate of drug-likeness (QED) is 0.377. The third-order valence-corrected chi connectivity index (χ3v) is 5.15. The molecule has 28 heavy (non-hydrogen) atoms. The van der Waals surface area contributed by atoms with Crippen molar-refractivity contribution in [2.45, 2.75) is 18.7 Å². The number of nitrogens with one attached hydrogen (secondary N) is 1. The lowest BCUT2D eigenvalue weighted by atomic mass is 10.1. The molecule has 0 radical (unpaired) electrons. The molecule has 0 spiro atoms. The van der Waals surface area contributed by atoms with Crippen molar-refractivity contribution in [1.29, 1.82) is 0 Å². The van der Waals surface area contributed by atoms with Crippen LogP contribution in [0.1, 0.15) is 16.8 Å². The second kappa shape index (κ2) is 8.75. The number of methoxy groups -OCH3 is 1. The van der Waals surface area contributed by atoms with Crippen LogP contribution in [0, 0.1) is 13.8 Å². The Morgan fingerprint density at radius 3 is 2.86 bits per heavy atom. The van der Waals surface area contributed by atoms with Gasteiger partial charge in [-0.2, -0.15) is 5.10 Å². The first-order chi connectivity index (χ1) is 13.5. The van der Waals surface area contributed by atoms with Gasteiger partial charge in [-0.25, -0.2) is 5.43 Å². The average molecular weight is 395 g/mol. The number of phenols is 1. The summed E-state index contributed by atoms with van der Waals surface area (Å²) in [5.74, 6) is 0.419. The van der Waals surface area contributed by atoms with E-state index in [-0.39, 0.29) is 17.4 Å². The number of fused-ring (bicyclic) bond motifs is 1. The number of amides is 1. The van der Waals surface area contributed by atoms with Crippen molar-refractivity contribution in [3.8, 4) is 11.5 Å². The van der Waals surface area contributed by atoms with Gasteiger partial charge in [-0.15, -0.1) is 11.8 Å². The number of rotatable bonds is 6. The summed E-state index contributed by atoms with van der Waals surface area (Å²) in [6.07, 6.45) is 1.47. The number of aromatic hydroxyl groups is 1. The van der Waals surface area contributed by atoms with Gasteiger partial charge < -0.3 is 9.84 Å². The largest absolute Gasteiger partial charge is 0.504 e. The van der Waals surface area contributed by atoms with E-state index in [2.05, 4.69) is 15.5 Å². The Balaban J connectivity index is 1.63. The Hall–Kier alpha value is -3.06. The number of hydrazone groups is 1. The molecule has 0 atom stereocenters. The van der Waals surface area contributed by atoms with Crippen molar-refractivity contribution in [3.63, 3.8) is 0 Å². The smallest absolute Gasteiger partial charge is 0.250 e. The van der Waals surface area contributed by atoms with E-state index in [0.29, 0.717) is 11.3 Å². The standard InChI is InChI=1S/C21H21N3O3S/c1-13-5-4-6-16-19(9-14(2)23-21(13)16)28-12-20(26)24-22-11-15-7-8-18(27-3)17(25)10-15/h4-11,25H,12H2,1-3H3,(H,24,26)/b22-11+. The Bertz CT molecular complexity index is 1050. The molecule has 7 heteroatoms. The third kappa shape index (κ3) is 4.61. The normalized spacial score (nSPS) is 11.1. The predicted octanol–water partition coefficient (Wildman–Crippen LogP) is 3.81. The Kier molecular flexibility index (Phi) is 6.16. The first-order valence-corrected chi connectivity index (χ1v) is 9.65. The third-order valence-electron chi connectivity index (χ3n) is 4.10. The van der Waals surface area contributed by atoms with E-state index in [1.807, 2.05) is 38.1 Å². The van der Waals surface area contributed by atoms with Crippen LogP contribution in [0.2, 0.25) is 0 Å². The predicted molar refractivity (Wildman–Crippen MR) is 112 cm³/mol. The number of phenolic OH excluding ortho intramolecular Hbond substituents is 1. The van der Waals surface area contributed by atoms with Crippen molar-refractivity contribution in [1.82, 2.24) is 10.4 Å². The zero-order valence-electron chi connectivity index (χ0n) is 15.9. The van der Waals surface area contributed by atoms with E-state index >= 15 is 0 Å². The number of nitrogens with zero attached hydrogens (tertiary/aromatic N) is 2. The molecule has 3 aromatic rings. The highest BCUT2D eigenvalue weighted by molar-refractivity contribution is 8.00. The minimum absolute atomic E-state index is 0.0172. The second-order valence-corrected chi connectivity index (χ2v) is 7.26. The number of thioether (sulfide) groups is 1. The number of carbonyl (C=O) groups is 1. The van der Waals surface area contributed by atoms with Crippen LogP contribution in [-0.2, 0) is 4.79 Å². The van der Waals surface area contributed by atoms with Crippen LogP contribution >= 0.6 is 11.8 Å². The molecule has 0 unspecified atom stereocenters. The number of aryl methyl sites for hydroxylation is 2. The molecule has 1 aromatic heterocycles. The zero-order valence-corrected chi connectivity index (χ0v) is 16.7. The molecule has 0 aliphatic heterocycles. The van der Waals surface area contributed by atoms with Gasteiger partial charge in [-0.3, -0.25) is 9.78 Å². The highest BCUT2D eigenvalue weighted by atomic mass is 32.2. The van der Waals surface area contributed by atoms with Crippen LogP contribution in [0.4, 0.5) is 0 Å². The molecular formula is C21H21N3O3S. The summed E-state index contributed by atoms with van der Waals surface area (Å²) < 4.78 is 4.99. The van der Waals surface area contributed by atoms with Gasteiger partial charge in [0.25, 0.3) is 0 Å². The van der Waals surface area contributed by atoms with Crippen LogP contribution in [0.25, 0.3) is 10.9 Å². The number of hydrogen-bond donors (Lipinski definition) is 2. The molecule has 1 heterocycles. The van der Waals surface area contributed by atoms with E-state index < -0.39 is 0 Å². The second-order valence-electron chi connectivity index (χ2n) is 6.25. The highest BCUT2D eigenvalue weighted by Crippen LogP contribution is 2.29. The van der Waals surface area contributed by atoms with Gasteiger partial charge >= 0.3 is 0 Å². The molecule has 0 saturated heterocycles. The zero-order chi connectivity index (χ0) is 20.1. The molecule has 144 valence electrons. The molecule has 3 rings (SSSR count). The highest BCUT2D eigenvalue weighted by Gasteiger charge is 2.09. The van der Waals surface area contributed by atoms with Crippen molar-refractivity contribution < 1.29 is 14.6 Å². The lowest BCUT2D eigenvalue weighted by Gasteiger charge is -2.09. The van der Waals surface area contributed by atoms with Gasteiger partial charge in [0.05, 0.1) is 24.6 Å². The fourth-order valence-electron chi connectivity index (χ4n) is 2.74. The number of hydrogen-bond acceptors (Lipinski definition) is 6. The van der Waals surface area contributed by atoms with Gasteiger partial charge in [0.1, 0.15) is 0 Å². The van der Waals surface area contributed by atoms with E-state index in [4.69, 9.17) is 4.74 Å². The fraction of sp³-hybridized carbons (Fsp3) is 0.190. The SMILES string of the molecule is COc1ccc(/C=N/NC(=O)CSc2cc(C)nc3c(C)cccc23)cc1O. The lowest BCUT2D eigenvalue weighted by molar-refractivity contribution is -0.118. The Labute approximate surface area is 167 Å². The van der Waals surface area contributed by atoms with E-state index in [0.717, 1.165) is 27.1 Å². The minimum Gasteiger partial charge on any atom is -0.504 e. The molecule has 2 aromatic carbocycles. The molecule has 0 aliphatic rings. The molecule has 0 fully saturated rings. The number of pyridine rings is 1. The Morgan fingerprint density at radius 2 is 2.11 bits per heavy atom. The van der Waals surface area contributed by atoms with Crippen molar-refractivity contribution in [3.05, 3.63) is 59.3 Å². The maximum absolute atomic E-state index is 12.1. The summed E-state index contributed by atoms with van der Waals surface area (Å²) in [4.78, 5) is 17.7. The maximum Gasteiger partial charge on any atom is 0.250 e. The number of benzene rings is 2. The first kappa shape index (κ1) is 19.7. The molecule has 1 amide bonds. The summed E-state index contributed by atoms with van der Waals surface area (Å²) in [5.41, 5.74) is 6.15. The van der Waals surface area contributed by atoms with Crippen LogP contribution in [0.3, 0.4) is 0 Å². The van der Waals surface area contributed by atoms with E-state index in [9.17, 15) is 9.90 Å². The van der Waals surface area contributed by atoms with Crippen molar-refractivity contribution in [2.75, 3.05) is 12.9 Å². The van der Waals surface area contributed by atoms with Gasteiger partial charge in [-0.1, -0.05) is 18.2 Å². The number of aromatic nitrogens is 1. The Morgan fingerprint density at radius 1 is 1.29 bits per heavy atom. The summed E-state index contributed by atoms with van der Waals surface area (Å²) in [6, 6.07) is 12.9. The maximum atomic E-state index is 12.1.